The summed E-state index contributed by atoms with van der Waals surface area (Å²) in [6.07, 6.45) is 15.6. The Morgan fingerprint density at radius 1 is 0.519 bits per heavy atom. The highest BCUT2D eigenvalue weighted by Gasteiger charge is 2.35. The number of piperidine rings is 1. The van der Waals surface area contributed by atoms with Crippen LogP contribution in [0.2, 0.25) is 0 Å². The number of carbonyl (C=O) groups excluding carboxylic acids is 9. The number of carbonyl (C=O) groups is 9. The summed E-state index contributed by atoms with van der Waals surface area (Å²) in [4.78, 5) is 108. The SMILES string of the molecule is C=CCCC(=O)C[C@H]1CCC(CC(C)=O)C1=O.C=CCCC(=O)C[C@H]1CCCCN(CC(C)=O)C1=O.C=CCCC(=O)C[C@H]1CCCN(CC(C)=O)C1=O. The van der Waals surface area contributed by atoms with Gasteiger partial charge in [-0.3, -0.25) is 38.4 Å². The molecule has 4 atom stereocenters. The Balaban J connectivity index is 0.000000406. The summed E-state index contributed by atoms with van der Waals surface area (Å²) < 4.78 is 0. The van der Waals surface area contributed by atoms with E-state index >= 15 is 0 Å². The molecule has 2 heterocycles. The molecule has 0 aromatic heterocycles. The minimum Gasteiger partial charge on any atom is -0.335 e. The van der Waals surface area contributed by atoms with Gasteiger partial charge in [-0.05, 0) is 78.6 Å². The maximum atomic E-state index is 12.3. The summed E-state index contributed by atoms with van der Waals surface area (Å²) in [5.41, 5.74) is 0. The quantitative estimate of drug-likeness (QED) is 0.122. The second-order valence-corrected chi connectivity index (χ2v) is 14.9. The molecule has 2 amide bonds. The Kier molecular flexibility index (Phi) is 23.6. The molecule has 0 aromatic rings. The van der Waals surface area contributed by atoms with E-state index in [2.05, 4.69) is 19.7 Å². The van der Waals surface area contributed by atoms with E-state index in [1.807, 2.05) is 0 Å². The summed E-state index contributed by atoms with van der Waals surface area (Å²) in [7, 11) is 0. The first-order valence-corrected chi connectivity index (χ1v) is 19.6. The summed E-state index contributed by atoms with van der Waals surface area (Å²) in [6, 6.07) is 0. The topological polar surface area (TPSA) is 160 Å². The first-order valence-electron chi connectivity index (χ1n) is 19.6. The second kappa shape index (κ2) is 26.6. The van der Waals surface area contributed by atoms with Crippen LogP contribution in [0.25, 0.3) is 0 Å². The van der Waals surface area contributed by atoms with Crippen LogP contribution in [0.5, 0.6) is 0 Å². The van der Waals surface area contributed by atoms with Gasteiger partial charge in [-0.2, -0.15) is 0 Å². The van der Waals surface area contributed by atoms with Crippen LogP contribution in [0, 0.1) is 23.7 Å². The molecule has 54 heavy (non-hydrogen) atoms. The standard InChI is InChI=1S/C15H23NO3.C14H21NO3.C14H20O3/c1-3-4-8-14(18)10-13-7-5-6-9-16(15(13)19)11-12(2)17;1-3-4-7-13(17)9-12-6-5-8-15(14(12)18)10-11(2)16;1-3-4-5-13(16)9-12-7-6-11(14(12)17)8-10(2)15/h3,13H,1,4-11H2,2H3;3,12H,1,4-10H2,2H3;3,11-12H,1,4-9H2,2H3/t13-;12-;11?,12-/m111/s1. The molecule has 3 aliphatic rings. The maximum absolute atomic E-state index is 12.3. The molecule has 0 radical (unpaired) electrons. The fraction of sp³-hybridized carbons (Fsp3) is 0.651. The largest absolute Gasteiger partial charge is 0.335 e. The zero-order valence-corrected chi connectivity index (χ0v) is 33.1. The molecule has 1 unspecified atom stereocenters. The van der Waals surface area contributed by atoms with Crippen LogP contribution in [0.1, 0.15) is 130 Å². The van der Waals surface area contributed by atoms with Crippen molar-refractivity contribution < 1.29 is 43.2 Å². The van der Waals surface area contributed by atoms with E-state index in [9.17, 15) is 43.2 Å². The van der Waals surface area contributed by atoms with Crippen LogP contribution in [0.4, 0.5) is 0 Å². The van der Waals surface area contributed by atoms with Gasteiger partial charge in [0.25, 0.3) is 0 Å². The van der Waals surface area contributed by atoms with Crippen molar-refractivity contribution in [3.05, 3.63) is 38.0 Å². The van der Waals surface area contributed by atoms with Crippen molar-refractivity contribution in [3.8, 4) is 0 Å². The van der Waals surface area contributed by atoms with Crippen molar-refractivity contribution >= 4 is 52.3 Å². The average molecular weight is 753 g/mol. The van der Waals surface area contributed by atoms with Gasteiger partial charge in [-0.1, -0.05) is 24.6 Å². The molecule has 0 N–H and O–H groups in total. The molecular weight excluding hydrogens is 688 g/mol. The molecule has 3 fully saturated rings. The van der Waals surface area contributed by atoms with E-state index in [-0.39, 0.29) is 89.1 Å². The maximum Gasteiger partial charge on any atom is 0.226 e. The third kappa shape index (κ3) is 19.3. The summed E-state index contributed by atoms with van der Waals surface area (Å²) >= 11 is 0. The fourth-order valence-electron chi connectivity index (χ4n) is 7.13. The van der Waals surface area contributed by atoms with Gasteiger partial charge in [0, 0.05) is 81.7 Å². The van der Waals surface area contributed by atoms with Crippen LogP contribution >= 0.6 is 0 Å². The molecule has 2 aliphatic heterocycles. The summed E-state index contributed by atoms with van der Waals surface area (Å²) in [5, 5.41) is 0. The van der Waals surface area contributed by atoms with Crippen molar-refractivity contribution in [2.75, 3.05) is 26.2 Å². The molecule has 11 heteroatoms. The number of Topliss-reactive ketones (excluding diaryl/α,β-unsaturated/α-hetero) is 7. The normalized spacial score (nSPS) is 21.1. The average Bonchev–Trinajstić information content (AvgIpc) is 3.34. The monoisotopic (exact) mass is 752 g/mol. The van der Waals surface area contributed by atoms with Gasteiger partial charge in [0.15, 0.2) is 0 Å². The van der Waals surface area contributed by atoms with Gasteiger partial charge in [-0.25, -0.2) is 0 Å². The molecule has 1 saturated carbocycles. The number of ketones is 7. The van der Waals surface area contributed by atoms with E-state index in [4.69, 9.17) is 0 Å². The number of hydrogen-bond acceptors (Lipinski definition) is 9. The third-order valence-corrected chi connectivity index (χ3v) is 9.87. The Hall–Kier alpha value is -4.15. The molecular formula is C43H64N2O9. The van der Waals surface area contributed by atoms with Crippen molar-refractivity contribution in [3.63, 3.8) is 0 Å². The predicted molar refractivity (Wildman–Crippen MR) is 208 cm³/mol. The van der Waals surface area contributed by atoms with Gasteiger partial charge in [0.2, 0.25) is 11.8 Å². The lowest BCUT2D eigenvalue weighted by Gasteiger charge is -2.31. The van der Waals surface area contributed by atoms with Crippen molar-refractivity contribution in [1.29, 1.82) is 0 Å². The van der Waals surface area contributed by atoms with Gasteiger partial charge in [-0.15, -0.1) is 19.7 Å². The molecule has 0 spiro atoms. The number of amides is 2. The van der Waals surface area contributed by atoms with E-state index in [0.29, 0.717) is 77.3 Å². The fourth-order valence-corrected chi connectivity index (χ4v) is 7.13. The van der Waals surface area contributed by atoms with E-state index in [1.165, 1.54) is 20.8 Å². The lowest BCUT2D eigenvalue weighted by Crippen LogP contribution is -2.44. The molecule has 1 aliphatic carbocycles. The van der Waals surface area contributed by atoms with E-state index < -0.39 is 0 Å². The molecule has 0 bridgehead atoms. The first kappa shape index (κ1) is 47.9. The van der Waals surface area contributed by atoms with Crippen LogP contribution in [-0.2, 0) is 43.2 Å². The molecule has 11 nitrogen and oxygen atoms in total. The highest BCUT2D eigenvalue weighted by atomic mass is 16.2. The summed E-state index contributed by atoms with van der Waals surface area (Å²) in [5.74, 6) is -0.297. The second-order valence-electron chi connectivity index (χ2n) is 14.9. The van der Waals surface area contributed by atoms with Crippen molar-refractivity contribution in [1.82, 2.24) is 9.80 Å². The Morgan fingerprint density at radius 2 is 0.889 bits per heavy atom. The highest BCUT2D eigenvalue weighted by molar-refractivity contribution is 5.93. The lowest BCUT2D eigenvalue weighted by molar-refractivity contribution is -0.143. The van der Waals surface area contributed by atoms with Crippen molar-refractivity contribution in [2.45, 2.75) is 130 Å². The van der Waals surface area contributed by atoms with Gasteiger partial charge in [0.1, 0.15) is 40.5 Å². The molecule has 2 saturated heterocycles. The van der Waals surface area contributed by atoms with E-state index in [1.54, 1.807) is 28.0 Å². The highest BCUT2D eigenvalue weighted by Crippen LogP contribution is 2.32. The van der Waals surface area contributed by atoms with Crippen LogP contribution in [0.3, 0.4) is 0 Å². The lowest BCUT2D eigenvalue weighted by atomic mass is 9.91. The minimum absolute atomic E-state index is 0.00742. The number of rotatable bonds is 21. The molecule has 300 valence electrons. The zero-order chi connectivity index (χ0) is 40.6. The minimum atomic E-state index is -0.237. The smallest absolute Gasteiger partial charge is 0.226 e. The third-order valence-electron chi connectivity index (χ3n) is 9.87. The van der Waals surface area contributed by atoms with Crippen LogP contribution in [0.15, 0.2) is 38.0 Å². The zero-order valence-electron chi connectivity index (χ0n) is 33.1. The first-order chi connectivity index (χ1) is 25.6. The number of nitrogens with zero attached hydrogens (tertiary/aromatic N) is 2. The van der Waals surface area contributed by atoms with Crippen molar-refractivity contribution in [2.24, 2.45) is 23.7 Å². The van der Waals surface area contributed by atoms with E-state index in [0.717, 1.165) is 44.9 Å². The van der Waals surface area contributed by atoms with Gasteiger partial charge >= 0.3 is 0 Å². The number of allylic oxidation sites excluding steroid dienone is 3. The number of hydrogen-bond donors (Lipinski definition) is 0. The van der Waals surface area contributed by atoms with Gasteiger partial charge < -0.3 is 14.6 Å². The number of likely N-dealkylation sites (tertiary alicyclic amines) is 2. The van der Waals surface area contributed by atoms with Gasteiger partial charge in [0.05, 0.1) is 13.1 Å². The molecule has 0 aromatic carbocycles. The Labute approximate surface area is 322 Å². The van der Waals surface area contributed by atoms with Crippen LogP contribution < -0.4 is 0 Å². The Bertz CT molecular complexity index is 1370. The summed E-state index contributed by atoms with van der Waals surface area (Å²) in [6.45, 7) is 16.8. The predicted octanol–water partition coefficient (Wildman–Crippen LogP) is 6.36. The Morgan fingerprint density at radius 3 is 1.28 bits per heavy atom. The van der Waals surface area contributed by atoms with Crippen LogP contribution in [-0.4, -0.2) is 88.3 Å². The molecule has 3 rings (SSSR count).